The molecule has 4 heteroatoms. The molecule has 0 saturated carbocycles. The maximum Gasteiger partial charge on any atom is 0.107 e. The lowest BCUT2D eigenvalue weighted by Gasteiger charge is -2.00. The van der Waals surface area contributed by atoms with Gasteiger partial charge in [-0.25, -0.2) is 0 Å². The van der Waals surface area contributed by atoms with Crippen molar-refractivity contribution < 1.29 is 0 Å². The Bertz CT molecular complexity index is 488. The zero-order chi connectivity index (χ0) is 10.3. The lowest BCUT2D eigenvalue weighted by atomic mass is 10.1. The van der Waals surface area contributed by atoms with E-state index in [2.05, 4.69) is 34.0 Å². The van der Waals surface area contributed by atoms with Crippen LogP contribution in [-0.2, 0) is 13.6 Å². The topological polar surface area (TPSA) is 43.8 Å². The van der Waals surface area contributed by atoms with E-state index in [1.165, 1.54) is 11.1 Å². The molecule has 0 fully saturated rings. The Labute approximate surface area is 91.0 Å². The molecule has 1 aromatic carbocycles. The Morgan fingerprint density at radius 1 is 1.50 bits per heavy atom. The van der Waals surface area contributed by atoms with Crippen LogP contribution in [0, 0.1) is 6.92 Å². The monoisotopic (exact) mass is 253 g/mol. The van der Waals surface area contributed by atoms with Gasteiger partial charge in [-0.15, -0.1) is 0 Å². The highest BCUT2D eigenvalue weighted by atomic mass is 79.9. The standard InChI is InChI=1S/C10H12BrN3/c1-6-8-4-3-7(5-12)9(11)10(8)13-14(6)2/h3-4H,5,12H2,1-2H3. The first kappa shape index (κ1) is 9.68. The van der Waals surface area contributed by atoms with E-state index in [0.717, 1.165) is 15.6 Å². The van der Waals surface area contributed by atoms with Crippen molar-refractivity contribution in [1.82, 2.24) is 9.78 Å². The van der Waals surface area contributed by atoms with Crippen LogP contribution >= 0.6 is 15.9 Å². The van der Waals surface area contributed by atoms with E-state index in [-0.39, 0.29) is 0 Å². The molecule has 0 radical (unpaired) electrons. The predicted molar refractivity (Wildman–Crippen MR) is 61.0 cm³/mol. The highest BCUT2D eigenvalue weighted by Crippen LogP contribution is 2.28. The minimum absolute atomic E-state index is 0.534. The average Bonchev–Trinajstić information content (AvgIpc) is 2.46. The number of nitrogens with zero attached hydrogens (tertiary/aromatic N) is 2. The van der Waals surface area contributed by atoms with Crippen molar-refractivity contribution in [3.63, 3.8) is 0 Å². The van der Waals surface area contributed by atoms with Gasteiger partial charge in [0.1, 0.15) is 5.52 Å². The maximum absolute atomic E-state index is 5.62. The second-order valence-corrected chi connectivity index (χ2v) is 4.14. The van der Waals surface area contributed by atoms with Gasteiger partial charge in [0.05, 0.1) is 4.47 Å². The minimum atomic E-state index is 0.534. The summed E-state index contributed by atoms with van der Waals surface area (Å²) < 4.78 is 2.90. The van der Waals surface area contributed by atoms with E-state index in [1.54, 1.807) is 0 Å². The van der Waals surface area contributed by atoms with Crippen molar-refractivity contribution >= 4 is 26.8 Å². The van der Waals surface area contributed by atoms with Crippen molar-refractivity contribution in [2.45, 2.75) is 13.5 Å². The van der Waals surface area contributed by atoms with Crippen molar-refractivity contribution in [2.75, 3.05) is 0 Å². The van der Waals surface area contributed by atoms with Crippen molar-refractivity contribution in [3.8, 4) is 0 Å². The SMILES string of the molecule is Cc1c2ccc(CN)c(Br)c2nn1C. The van der Waals surface area contributed by atoms with Gasteiger partial charge in [0, 0.05) is 24.7 Å². The number of halogens is 1. The van der Waals surface area contributed by atoms with E-state index in [0.29, 0.717) is 6.54 Å². The lowest BCUT2D eigenvalue weighted by Crippen LogP contribution is -1.97. The Morgan fingerprint density at radius 2 is 2.21 bits per heavy atom. The van der Waals surface area contributed by atoms with Crippen LogP contribution in [0.15, 0.2) is 16.6 Å². The molecule has 74 valence electrons. The Kier molecular flexibility index (Phi) is 2.33. The van der Waals surface area contributed by atoms with Gasteiger partial charge in [-0.05, 0) is 28.4 Å². The van der Waals surface area contributed by atoms with Crippen LogP contribution in [-0.4, -0.2) is 9.78 Å². The molecule has 2 rings (SSSR count). The highest BCUT2D eigenvalue weighted by Gasteiger charge is 2.10. The first-order valence-electron chi connectivity index (χ1n) is 4.46. The molecule has 0 spiro atoms. The molecule has 0 unspecified atom stereocenters. The summed E-state index contributed by atoms with van der Waals surface area (Å²) >= 11 is 3.53. The summed E-state index contributed by atoms with van der Waals surface area (Å²) in [6.45, 7) is 2.59. The minimum Gasteiger partial charge on any atom is -0.326 e. The molecule has 2 N–H and O–H groups in total. The van der Waals surface area contributed by atoms with Crippen LogP contribution in [0.1, 0.15) is 11.3 Å². The molecule has 0 atom stereocenters. The molecule has 2 aromatic rings. The molecule has 0 aliphatic heterocycles. The molecule has 14 heavy (non-hydrogen) atoms. The van der Waals surface area contributed by atoms with Crippen LogP contribution in [0.3, 0.4) is 0 Å². The summed E-state index contributed by atoms with van der Waals surface area (Å²) in [7, 11) is 1.95. The number of hydrogen-bond acceptors (Lipinski definition) is 2. The third-order valence-corrected chi connectivity index (χ3v) is 3.43. The fourth-order valence-corrected chi connectivity index (χ4v) is 2.14. The molecular formula is C10H12BrN3. The van der Waals surface area contributed by atoms with E-state index < -0.39 is 0 Å². The van der Waals surface area contributed by atoms with E-state index in [9.17, 15) is 0 Å². The number of benzene rings is 1. The van der Waals surface area contributed by atoms with Gasteiger partial charge in [-0.2, -0.15) is 5.10 Å². The summed E-state index contributed by atoms with van der Waals surface area (Å²) in [4.78, 5) is 0. The van der Waals surface area contributed by atoms with Crippen LogP contribution in [0.5, 0.6) is 0 Å². The molecule has 3 nitrogen and oxygen atoms in total. The van der Waals surface area contributed by atoms with Crippen LogP contribution in [0.4, 0.5) is 0 Å². The van der Waals surface area contributed by atoms with Crippen LogP contribution in [0.25, 0.3) is 10.9 Å². The lowest BCUT2D eigenvalue weighted by molar-refractivity contribution is 0.750. The second kappa shape index (κ2) is 3.37. The van der Waals surface area contributed by atoms with Crippen LogP contribution in [0.2, 0.25) is 0 Å². The Morgan fingerprint density at radius 3 is 2.86 bits per heavy atom. The van der Waals surface area contributed by atoms with Gasteiger partial charge in [-0.3, -0.25) is 4.68 Å². The first-order chi connectivity index (χ1) is 6.65. The first-order valence-corrected chi connectivity index (χ1v) is 5.25. The van der Waals surface area contributed by atoms with Gasteiger partial charge < -0.3 is 5.73 Å². The predicted octanol–water partition coefficient (Wildman–Crippen LogP) is 2.10. The van der Waals surface area contributed by atoms with Gasteiger partial charge in [0.2, 0.25) is 0 Å². The fourth-order valence-electron chi connectivity index (χ4n) is 1.55. The number of aryl methyl sites for hydroxylation is 2. The zero-order valence-corrected chi connectivity index (χ0v) is 9.80. The molecule has 0 aliphatic rings. The van der Waals surface area contributed by atoms with Gasteiger partial charge in [0.15, 0.2) is 0 Å². The van der Waals surface area contributed by atoms with E-state index in [4.69, 9.17) is 5.73 Å². The smallest absolute Gasteiger partial charge is 0.107 e. The third-order valence-electron chi connectivity index (χ3n) is 2.54. The number of aromatic nitrogens is 2. The summed E-state index contributed by atoms with van der Waals surface area (Å²) in [5.41, 5.74) is 8.88. The third kappa shape index (κ3) is 1.26. The molecule has 0 amide bonds. The van der Waals surface area contributed by atoms with Crippen molar-refractivity contribution in [3.05, 3.63) is 27.9 Å². The number of rotatable bonds is 1. The Hall–Kier alpha value is -0.870. The van der Waals surface area contributed by atoms with E-state index >= 15 is 0 Å². The summed E-state index contributed by atoms with van der Waals surface area (Å²) in [6.07, 6.45) is 0. The highest BCUT2D eigenvalue weighted by molar-refractivity contribution is 9.10. The quantitative estimate of drug-likeness (QED) is 0.846. The molecular weight excluding hydrogens is 242 g/mol. The molecule has 0 aliphatic carbocycles. The van der Waals surface area contributed by atoms with Crippen molar-refractivity contribution in [2.24, 2.45) is 12.8 Å². The summed E-state index contributed by atoms with van der Waals surface area (Å²) in [6, 6.07) is 4.12. The van der Waals surface area contributed by atoms with Crippen molar-refractivity contribution in [1.29, 1.82) is 0 Å². The van der Waals surface area contributed by atoms with E-state index in [1.807, 2.05) is 17.8 Å². The summed E-state index contributed by atoms with van der Waals surface area (Å²) in [5, 5.41) is 5.61. The van der Waals surface area contributed by atoms with Gasteiger partial charge in [0.25, 0.3) is 0 Å². The molecule has 1 heterocycles. The Balaban J connectivity index is 2.83. The number of fused-ring (bicyclic) bond motifs is 1. The van der Waals surface area contributed by atoms with Crippen LogP contribution < -0.4 is 5.73 Å². The fraction of sp³-hybridized carbons (Fsp3) is 0.300. The van der Waals surface area contributed by atoms with Gasteiger partial charge in [-0.1, -0.05) is 12.1 Å². The largest absolute Gasteiger partial charge is 0.326 e. The molecule has 0 bridgehead atoms. The normalized spacial score (nSPS) is 11.1. The number of hydrogen-bond donors (Lipinski definition) is 1. The molecule has 0 saturated heterocycles. The van der Waals surface area contributed by atoms with Gasteiger partial charge >= 0.3 is 0 Å². The zero-order valence-electron chi connectivity index (χ0n) is 8.21. The number of nitrogens with two attached hydrogens (primary N) is 1. The second-order valence-electron chi connectivity index (χ2n) is 3.35. The maximum atomic E-state index is 5.62. The average molecular weight is 254 g/mol. The summed E-state index contributed by atoms with van der Waals surface area (Å²) in [5.74, 6) is 0. The molecule has 1 aromatic heterocycles.